The molecule has 96 valence electrons. The fourth-order valence-corrected chi connectivity index (χ4v) is 2.08. The first kappa shape index (κ1) is 14.0. The monoisotopic (exact) mass is 237 g/mol. The first-order valence-corrected chi connectivity index (χ1v) is 6.46. The maximum atomic E-state index is 11.9. The zero-order chi connectivity index (χ0) is 12.8. The molecule has 1 saturated heterocycles. The Morgan fingerprint density at radius 2 is 2.24 bits per heavy atom. The molecule has 1 aliphatic heterocycles. The van der Waals surface area contributed by atoms with Crippen LogP contribution in [0.4, 0.5) is 0 Å². The van der Waals surface area contributed by atoms with Crippen molar-refractivity contribution in [2.75, 3.05) is 19.6 Å². The van der Waals surface area contributed by atoms with Crippen molar-refractivity contribution in [3.8, 4) is 6.07 Å². The van der Waals surface area contributed by atoms with Gasteiger partial charge in [0.15, 0.2) is 0 Å². The van der Waals surface area contributed by atoms with Crippen molar-refractivity contribution in [1.82, 2.24) is 10.2 Å². The van der Waals surface area contributed by atoms with Gasteiger partial charge in [-0.25, -0.2) is 0 Å². The van der Waals surface area contributed by atoms with Crippen molar-refractivity contribution in [3.05, 3.63) is 0 Å². The maximum Gasteiger partial charge on any atom is 0.237 e. The Morgan fingerprint density at radius 3 is 2.82 bits per heavy atom. The van der Waals surface area contributed by atoms with Crippen LogP contribution in [0, 0.1) is 23.2 Å². The number of piperidine rings is 1. The molecule has 17 heavy (non-hydrogen) atoms. The van der Waals surface area contributed by atoms with Crippen molar-refractivity contribution in [2.45, 2.75) is 39.7 Å². The van der Waals surface area contributed by atoms with Crippen LogP contribution < -0.4 is 5.32 Å². The molecule has 1 N–H and O–H groups in total. The molecular weight excluding hydrogens is 214 g/mol. The van der Waals surface area contributed by atoms with Gasteiger partial charge >= 0.3 is 0 Å². The lowest BCUT2D eigenvalue weighted by Crippen LogP contribution is -2.49. The second-order valence-electron chi connectivity index (χ2n) is 5.28. The first-order valence-electron chi connectivity index (χ1n) is 6.46. The van der Waals surface area contributed by atoms with E-state index >= 15 is 0 Å². The van der Waals surface area contributed by atoms with Gasteiger partial charge in [0.1, 0.15) is 0 Å². The van der Waals surface area contributed by atoms with Gasteiger partial charge in [-0.1, -0.05) is 13.8 Å². The van der Waals surface area contributed by atoms with E-state index in [0.29, 0.717) is 5.92 Å². The van der Waals surface area contributed by atoms with Crippen molar-refractivity contribution >= 4 is 5.91 Å². The standard InChI is InChI=1S/C13H23N3O/c1-10(2)8-15-13(17)11(3)16-6-4-5-12(7-14)9-16/h10-12H,4-6,8-9H2,1-3H3,(H,15,17). The van der Waals surface area contributed by atoms with Gasteiger partial charge in [0.05, 0.1) is 18.0 Å². The number of likely N-dealkylation sites (tertiary alicyclic amines) is 1. The van der Waals surface area contributed by atoms with E-state index in [-0.39, 0.29) is 17.9 Å². The number of carbonyl (C=O) groups is 1. The van der Waals surface area contributed by atoms with Gasteiger partial charge in [0, 0.05) is 13.1 Å². The van der Waals surface area contributed by atoms with Crippen LogP contribution in [0.1, 0.15) is 33.6 Å². The minimum Gasteiger partial charge on any atom is -0.354 e. The van der Waals surface area contributed by atoms with Gasteiger partial charge in [-0.15, -0.1) is 0 Å². The molecule has 2 atom stereocenters. The lowest BCUT2D eigenvalue weighted by Gasteiger charge is -2.33. The van der Waals surface area contributed by atoms with E-state index in [1.165, 1.54) is 0 Å². The summed E-state index contributed by atoms with van der Waals surface area (Å²) >= 11 is 0. The zero-order valence-electron chi connectivity index (χ0n) is 11.1. The van der Waals surface area contributed by atoms with E-state index in [4.69, 9.17) is 5.26 Å². The second kappa shape index (κ2) is 6.61. The quantitative estimate of drug-likeness (QED) is 0.803. The van der Waals surface area contributed by atoms with E-state index in [2.05, 4.69) is 30.1 Å². The van der Waals surface area contributed by atoms with E-state index in [9.17, 15) is 4.79 Å². The third-order valence-corrected chi connectivity index (χ3v) is 3.25. The number of nitriles is 1. The van der Waals surface area contributed by atoms with Gasteiger partial charge in [-0.2, -0.15) is 5.26 Å². The number of hydrogen-bond acceptors (Lipinski definition) is 3. The average Bonchev–Trinajstić information content (AvgIpc) is 2.35. The predicted molar refractivity (Wildman–Crippen MR) is 67.2 cm³/mol. The fraction of sp³-hybridized carbons (Fsp3) is 0.846. The van der Waals surface area contributed by atoms with Gasteiger partial charge in [0.2, 0.25) is 5.91 Å². The molecule has 0 spiro atoms. The molecule has 1 amide bonds. The van der Waals surface area contributed by atoms with Crippen molar-refractivity contribution in [2.24, 2.45) is 11.8 Å². The normalized spacial score (nSPS) is 23.1. The molecule has 1 heterocycles. The van der Waals surface area contributed by atoms with E-state index in [0.717, 1.165) is 32.5 Å². The molecule has 0 aliphatic carbocycles. The third kappa shape index (κ3) is 4.35. The Kier molecular flexibility index (Phi) is 5.43. The van der Waals surface area contributed by atoms with E-state index in [1.807, 2.05) is 6.92 Å². The van der Waals surface area contributed by atoms with Crippen LogP contribution >= 0.6 is 0 Å². The van der Waals surface area contributed by atoms with Crippen LogP contribution in [0.5, 0.6) is 0 Å². The summed E-state index contributed by atoms with van der Waals surface area (Å²) in [5.74, 6) is 0.640. The third-order valence-electron chi connectivity index (χ3n) is 3.25. The number of nitrogens with one attached hydrogen (secondary N) is 1. The summed E-state index contributed by atoms with van der Waals surface area (Å²) < 4.78 is 0. The molecule has 4 nitrogen and oxygen atoms in total. The Morgan fingerprint density at radius 1 is 1.53 bits per heavy atom. The Labute approximate surface area is 104 Å². The molecule has 0 aromatic heterocycles. The Bertz CT molecular complexity index is 296. The highest BCUT2D eigenvalue weighted by Gasteiger charge is 2.27. The summed E-state index contributed by atoms with van der Waals surface area (Å²) in [6, 6.07) is 2.18. The summed E-state index contributed by atoms with van der Waals surface area (Å²) in [7, 11) is 0. The smallest absolute Gasteiger partial charge is 0.237 e. The van der Waals surface area contributed by atoms with Crippen molar-refractivity contribution in [3.63, 3.8) is 0 Å². The molecule has 0 bridgehead atoms. The molecule has 0 aromatic carbocycles. The molecule has 1 aliphatic rings. The highest BCUT2D eigenvalue weighted by Crippen LogP contribution is 2.17. The minimum absolute atomic E-state index is 0.0808. The molecule has 1 fully saturated rings. The highest BCUT2D eigenvalue weighted by atomic mass is 16.2. The van der Waals surface area contributed by atoms with Gasteiger partial charge < -0.3 is 5.32 Å². The maximum absolute atomic E-state index is 11.9. The number of nitrogens with zero attached hydrogens (tertiary/aromatic N) is 2. The lowest BCUT2D eigenvalue weighted by molar-refractivity contribution is -0.126. The first-order chi connectivity index (χ1) is 8.04. The molecule has 0 aromatic rings. The summed E-state index contributed by atoms with van der Waals surface area (Å²) in [5, 5.41) is 11.9. The molecule has 4 heteroatoms. The molecule has 0 radical (unpaired) electrons. The average molecular weight is 237 g/mol. The van der Waals surface area contributed by atoms with Crippen LogP contribution in [-0.2, 0) is 4.79 Å². The number of amides is 1. The largest absolute Gasteiger partial charge is 0.354 e. The Hall–Kier alpha value is -1.08. The van der Waals surface area contributed by atoms with Gasteiger partial charge in [-0.3, -0.25) is 9.69 Å². The number of hydrogen-bond donors (Lipinski definition) is 1. The molecule has 2 unspecified atom stereocenters. The topological polar surface area (TPSA) is 56.1 Å². The summed E-state index contributed by atoms with van der Waals surface area (Å²) in [5.41, 5.74) is 0. The van der Waals surface area contributed by atoms with Crippen LogP contribution in [0.25, 0.3) is 0 Å². The van der Waals surface area contributed by atoms with E-state index in [1.54, 1.807) is 0 Å². The predicted octanol–water partition coefficient (Wildman–Crippen LogP) is 1.38. The molecule has 1 rings (SSSR count). The summed E-state index contributed by atoms with van der Waals surface area (Å²) in [6.45, 7) is 8.46. The van der Waals surface area contributed by atoms with Crippen molar-refractivity contribution in [1.29, 1.82) is 5.26 Å². The summed E-state index contributed by atoms with van der Waals surface area (Å²) in [4.78, 5) is 14.0. The number of rotatable bonds is 4. The van der Waals surface area contributed by atoms with Crippen LogP contribution in [0.15, 0.2) is 0 Å². The number of carbonyl (C=O) groups excluding carboxylic acids is 1. The fourth-order valence-electron chi connectivity index (χ4n) is 2.08. The zero-order valence-corrected chi connectivity index (χ0v) is 11.1. The molecular formula is C13H23N3O. The Balaban J connectivity index is 2.43. The van der Waals surface area contributed by atoms with Crippen LogP contribution in [0.2, 0.25) is 0 Å². The SMILES string of the molecule is CC(C)CNC(=O)C(C)N1CCCC(C#N)C1. The van der Waals surface area contributed by atoms with Crippen LogP contribution in [-0.4, -0.2) is 36.5 Å². The highest BCUT2D eigenvalue weighted by molar-refractivity contribution is 5.81. The summed E-state index contributed by atoms with van der Waals surface area (Å²) in [6.07, 6.45) is 1.98. The van der Waals surface area contributed by atoms with Gasteiger partial charge in [0.25, 0.3) is 0 Å². The van der Waals surface area contributed by atoms with Crippen molar-refractivity contribution < 1.29 is 4.79 Å². The lowest BCUT2D eigenvalue weighted by atomic mass is 9.98. The van der Waals surface area contributed by atoms with Crippen LogP contribution in [0.3, 0.4) is 0 Å². The minimum atomic E-state index is -0.120. The van der Waals surface area contributed by atoms with Gasteiger partial charge in [-0.05, 0) is 32.2 Å². The molecule has 0 saturated carbocycles. The second-order valence-corrected chi connectivity index (χ2v) is 5.28. The van der Waals surface area contributed by atoms with E-state index < -0.39 is 0 Å².